The lowest BCUT2D eigenvalue weighted by Crippen LogP contribution is -2.39. The number of rotatable bonds is 5. The summed E-state index contributed by atoms with van der Waals surface area (Å²) in [6.07, 6.45) is 0.578. The molecule has 0 bridgehead atoms. The number of halogens is 2. The minimum absolute atomic E-state index is 0.117. The summed E-state index contributed by atoms with van der Waals surface area (Å²) in [5.41, 5.74) is 1.15. The zero-order chi connectivity index (χ0) is 17.1. The number of carbonyl (C=O) groups excluding carboxylic acids is 2. The van der Waals surface area contributed by atoms with E-state index in [2.05, 4.69) is 21.2 Å². The summed E-state index contributed by atoms with van der Waals surface area (Å²) < 4.78 is 14.5. The van der Waals surface area contributed by atoms with Crippen molar-refractivity contribution < 1.29 is 14.0 Å². The van der Waals surface area contributed by atoms with Crippen LogP contribution in [0.15, 0.2) is 53.0 Å². The molecule has 1 aliphatic rings. The van der Waals surface area contributed by atoms with Crippen LogP contribution in [0.1, 0.15) is 12.0 Å². The number of imide groups is 1. The molecule has 4 nitrogen and oxygen atoms in total. The Morgan fingerprint density at radius 3 is 2.54 bits per heavy atom. The molecule has 0 saturated carbocycles. The van der Waals surface area contributed by atoms with Gasteiger partial charge in [0.2, 0.25) is 5.91 Å². The molecule has 2 amide bonds. The largest absolute Gasteiger partial charge is 0.305 e. The third-order valence-electron chi connectivity index (χ3n) is 3.97. The van der Waals surface area contributed by atoms with Gasteiger partial charge in [0.05, 0.1) is 18.2 Å². The molecule has 1 N–H and O–H groups in total. The molecule has 24 heavy (non-hydrogen) atoms. The Hall–Kier alpha value is -2.05. The van der Waals surface area contributed by atoms with Gasteiger partial charge >= 0.3 is 0 Å². The van der Waals surface area contributed by atoms with Gasteiger partial charge in [0.15, 0.2) is 0 Å². The molecule has 2 aromatic rings. The van der Waals surface area contributed by atoms with Crippen LogP contribution in [0.4, 0.5) is 10.1 Å². The number of nitrogens with zero attached hydrogens (tertiary/aromatic N) is 1. The molecule has 1 atom stereocenters. The monoisotopic (exact) mass is 390 g/mol. The van der Waals surface area contributed by atoms with Crippen LogP contribution in [0.2, 0.25) is 0 Å². The Bertz CT molecular complexity index is 764. The lowest BCUT2D eigenvalue weighted by atomic mass is 10.1. The Balaban J connectivity index is 1.62. The van der Waals surface area contributed by atoms with Gasteiger partial charge in [0.25, 0.3) is 5.91 Å². The number of amides is 2. The van der Waals surface area contributed by atoms with Crippen molar-refractivity contribution in [2.24, 2.45) is 0 Å². The van der Waals surface area contributed by atoms with Crippen LogP contribution in [0.25, 0.3) is 0 Å². The maximum absolute atomic E-state index is 13.6. The first-order valence-corrected chi connectivity index (χ1v) is 8.45. The molecule has 1 unspecified atom stereocenters. The van der Waals surface area contributed by atoms with Gasteiger partial charge in [-0.05, 0) is 42.3 Å². The highest BCUT2D eigenvalue weighted by Crippen LogP contribution is 2.24. The Morgan fingerprint density at radius 2 is 1.83 bits per heavy atom. The Morgan fingerprint density at radius 1 is 1.12 bits per heavy atom. The molecule has 0 spiro atoms. The highest BCUT2D eigenvalue weighted by molar-refractivity contribution is 9.10. The fourth-order valence-corrected chi connectivity index (χ4v) is 3.00. The third-order valence-corrected chi connectivity index (χ3v) is 4.50. The standard InChI is InChI=1S/C18H16BrFN2O2/c19-13-5-7-14(8-6-13)22-17(23)11-16(18(22)24)21-10-9-12-3-1-2-4-15(12)20/h1-8,16,21H,9-11H2. The van der Waals surface area contributed by atoms with E-state index in [4.69, 9.17) is 0 Å². The van der Waals surface area contributed by atoms with Crippen LogP contribution in [-0.4, -0.2) is 24.4 Å². The van der Waals surface area contributed by atoms with Crippen molar-refractivity contribution in [1.82, 2.24) is 5.32 Å². The quantitative estimate of drug-likeness (QED) is 0.798. The summed E-state index contributed by atoms with van der Waals surface area (Å²) in [7, 11) is 0. The van der Waals surface area contributed by atoms with Gasteiger partial charge in [-0.15, -0.1) is 0 Å². The predicted octanol–water partition coefficient (Wildman–Crippen LogP) is 3.05. The van der Waals surface area contributed by atoms with Gasteiger partial charge in [-0.1, -0.05) is 34.1 Å². The summed E-state index contributed by atoms with van der Waals surface area (Å²) in [5, 5.41) is 3.06. The lowest BCUT2D eigenvalue weighted by molar-refractivity contribution is -0.121. The van der Waals surface area contributed by atoms with E-state index < -0.39 is 6.04 Å². The van der Waals surface area contributed by atoms with Gasteiger partial charge in [-0.3, -0.25) is 9.59 Å². The molecule has 124 valence electrons. The van der Waals surface area contributed by atoms with Gasteiger partial charge < -0.3 is 5.32 Å². The van der Waals surface area contributed by atoms with E-state index in [1.807, 2.05) is 0 Å². The van der Waals surface area contributed by atoms with Gasteiger partial charge in [0.1, 0.15) is 5.82 Å². The molecular weight excluding hydrogens is 375 g/mol. The van der Waals surface area contributed by atoms with Crippen molar-refractivity contribution in [2.75, 3.05) is 11.4 Å². The van der Waals surface area contributed by atoms with Crippen LogP contribution in [0.3, 0.4) is 0 Å². The fourth-order valence-electron chi connectivity index (χ4n) is 2.74. The molecule has 1 saturated heterocycles. The Labute approximate surface area is 147 Å². The van der Waals surface area contributed by atoms with Gasteiger partial charge in [-0.2, -0.15) is 0 Å². The number of benzene rings is 2. The van der Waals surface area contributed by atoms with E-state index in [-0.39, 0.29) is 24.1 Å². The third kappa shape index (κ3) is 3.55. The van der Waals surface area contributed by atoms with E-state index in [0.29, 0.717) is 24.2 Å². The second-order valence-corrected chi connectivity index (χ2v) is 6.51. The van der Waals surface area contributed by atoms with Crippen molar-refractivity contribution in [1.29, 1.82) is 0 Å². The molecular formula is C18H16BrFN2O2. The molecule has 1 fully saturated rings. The lowest BCUT2D eigenvalue weighted by Gasteiger charge is -2.15. The molecule has 1 aliphatic heterocycles. The number of nitrogens with one attached hydrogen (secondary N) is 1. The first kappa shape index (κ1) is 16.8. The van der Waals surface area contributed by atoms with Crippen molar-refractivity contribution in [3.63, 3.8) is 0 Å². The average Bonchev–Trinajstić information content (AvgIpc) is 2.84. The Kier molecular flexibility index (Phi) is 5.06. The minimum atomic E-state index is -0.562. The summed E-state index contributed by atoms with van der Waals surface area (Å²) in [6.45, 7) is 0.429. The van der Waals surface area contributed by atoms with Crippen molar-refractivity contribution >= 4 is 33.4 Å². The maximum atomic E-state index is 13.6. The van der Waals surface area contributed by atoms with Crippen LogP contribution in [-0.2, 0) is 16.0 Å². The van der Waals surface area contributed by atoms with Crippen LogP contribution >= 0.6 is 15.9 Å². The molecule has 6 heteroatoms. The average molecular weight is 391 g/mol. The highest BCUT2D eigenvalue weighted by atomic mass is 79.9. The van der Waals surface area contributed by atoms with E-state index >= 15 is 0 Å². The van der Waals surface area contributed by atoms with Crippen molar-refractivity contribution in [3.8, 4) is 0 Å². The van der Waals surface area contributed by atoms with E-state index in [0.717, 1.165) is 4.47 Å². The minimum Gasteiger partial charge on any atom is -0.305 e. The molecule has 3 rings (SSSR count). The van der Waals surface area contributed by atoms with Crippen LogP contribution in [0.5, 0.6) is 0 Å². The second-order valence-electron chi connectivity index (χ2n) is 5.60. The molecule has 1 heterocycles. The first-order valence-electron chi connectivity index (χ1n) is 7.65. The number of carbonyl (C=O) groups is 2. The normalized spacial score (nSPS) is 17.6. The summed E-state index contributed by atoms with van der Waals surface area (Å²) >= 11 is 3.33. The highest BCUT2D eigenvalue weighted by Gasteiger charge is 2.39. The predicted molar refractivity (Wildman–Crippen MR) is 93.1 cm³/mol. The van der Waals surface area contributed by atoms with Crippen molar-refractivity contribution in [2.45, 2.75) is 18.9 Å². The molecule has 2 aromatic carbocycles. The van der Waals surface area contributed by atoms with E-state index in [1.165, 1.54) is 11.0 Å². The molecule has 0 aliphatic carbocycles. The zero-order valence-corrected chi connectivity index (χ0v) is 14.4. The second kappa shape index (κ2) is 7.23. The molecule has 0 aromatic heterocycles. The SMILES string of the molecule is O=C1CC(NCCc2ccccc2F)C(=O)N1c1ccc(Br)cc1. The summed E-state index contributed by atoms with van der Waals surface area (Å²) in [4.78, 5) is 25.8. The molecule has 0 radical (unpaired) electrons. The fraction of sp³-hybridized carbons (Fsp3) is 0.222. The summed E-state index contributed by atoms with van der Waals surface area (Å²) in [6, 6.07) is 13.0. The number of hydrogen-bond acceptors (Lipinski definition) is 3. The van der Waals surface area contributed by atoms with Crippen LogP contribution in [0, 0.1) is 5.82 Å². The first-order chi connectivity index (χ1) is 11.6. The topological polar surface area (TPSA) is 49.4 Å². The zero-order valence-electron chi connectivity index (χ0n) is 12.8. The van der Waals surface area contributed by atoms with E-state index in [9.17, 15) is 14.0 Å². The van der Waals surface area contributed by atoms with Gasteiger partial charge in [0, 0.05) is 11.0 Å². The number of hydrogen-bond donors (Lipinski definition) is 1. The van der Waals surface area contributed by atoms with Crippen molar-refractivity contribution in [3.05, 3.63) is 64.4 Å². The van der Waals surface area contributed by atoms with Crippen LogP contribution < -0.4 is 10.2 Å². The summed E-state index contributed by atoms with van der Waals surface area (Å²) in [5.74, 6) is -0.758. The smallest absolute Gasteiger partial charge is 0.251 e. The van der Waals surface area contributed by atoms with Gasteiger partial charge in [-0.25, -0.2) is 9.29 Å². The maximum Gasteiger partial charge on any atom is 0.251 e. The van der Waals surface area contributed by atoms with E-state index in [1.54, 1.807) is 42.5 Å². The number of anilines is 1.